The van der Waals surface area contributed by atoms with E-state index in [1.165, 1.54) is 17.7 Å². The van der Waals surface area contributed by atoms with Crippen molar-refractivity contribution in [2.75, 3.05) is 0 Å². The third kappa shape index (κ3) is 3.53. The minimum atomic E-state index is -0.591. The molecule has 3 nitrogen and oxygen atoms in total. The Morgan fingerprint density at radius 1 is 1.27 bits per heavy atom. The van der Waals surface area contributed by atoms with Crippen LogP contribution in [0.3, 0.4) is 0 Å². The first-order valence-electron chi connectivity index (χ1n) is 9.38. The van der Waals surface area contributed by atoms with Crippen LogP contribution in [0.15, 0.2) is 18.2 Å². The molecule has 2 aromatic rings. The zero-order chi connectivity index (χ0) is 18.8. The number of rotatable bonds is 5. The van der Waals surface area contributed by atoms with Crippen molar-refractivity contribution in [1.29, 1.82) is 0 Å². The topological polar surface area (TPSA) is 34.0 Å². The highest BCUT2D eigenvalue weighted by molar-refractivity contribution is 5.95. The summed E-state index contributed by atoms with van der Waals surface area (Å²) in [7, 11) is 0. The van der Waals surface area contributed by atoms with Crippen molar-refractivity contribution in [3.63, 3.8) is 0 Å². The van der Waals surface area contributed by atoms with Crippen LogP contribution in [0.1, 0.15) is 66.0 Å². The summed E-state index contributed by atoms with van der Waals surface area (Å²) >= 11 is 0. The Labute approximate surface area is 153 Å². The molecule has 0 fully saturated rings. The Kier molecular flexibility index (Phi) is 5.44. The second-order valence-electron chi connectivity index (χ2n) is 7.21. The fraction of sp³-hybridized carbons (Fsp3) is 0.476. The summed E-state index contributed by atoms with van der Waals surface area (Å²) < 4.78 is 29.4. The Morgan fingerprint density at radius 2 is 2.00 bits per heavy atom. The highest BCUT2D eigenvalue weighted by Gasteiger charge is 2.27. The fourth-order valence-electron chi connectivity index (χ4n) is 3.75. The third-order valence-corrected chi connectivity index (χ3v) is 5.39. The number of nitrogens with zero attached hydrogens (tertiary/aromatic N) is 1. The van der Waals surface area contributed by atoms with Crippen LogP contribution in [0.25, 0.3) is 0 Å². The van der Waals surface area contributed by atoms with Crippen molar-refractivity contribution in [3.05, 3.63) is 57.9 Å². The molecule has 0 aliphatic heterocycles. The minimum absolute atomic E-state index is 0.0739. The van der Waals surface area contributed by atoms with Gasteiger partial charge in [0.05, 0.1) is 6.54 Å². The van der Waals surface area contributed by atoms with Crippen LogP contribution in [-0.2, 0) is 19.4 Å². The van der Waals surface area contributed by atoms with E-state index in [1.54, 1.807) is 0 Å². The fourth-order valence-corrected chi connectivity index (χ4v) is 3.75. The molecule has 26 heavy (non-hydrogen) atoms. The molecule has 1 aromatic carbocycles. The quantitative estimate of drug-likeness (QED) is 0.835. The zero-order valence-corrected chi connectivity index (χ0v) is 15.7. The number of carbonyl (C=O) groups excluding carboxylic acids is 1. The predicted molar refractivity (Wildman–Crippen MR) is 98.5 cm³/mol. The summed E-state index contributed by atoms with van der Waals surface area (Å²) in [5, 5.41) is 3.03. The molecule has 0 saturated heterocycles. The van der Waals surface area contributed by atoms with E-state index in [-0.39, 0.29) is 18.5 Å². The first-order valence-corrected chi connectivity index (χ1v) is 9.38. The number of hydrogen-bond donors (Lipinski definition) is 1. The van der Waals surface area contributed by atoms with Crippen LogP contribution in [-0.4, -0.2) is 16.5 Å². The van der Waals surface area contributed by atoms with Gasteiger partial charge in [-0.25, -0.2) is 8.78 Å². The minimum Gasteiger partial charge on any atom is -0.348 e. The van der Waals surface area contributed by atoms with Crippen LogP contribution in [0, 0.1) is 18.6 Å². The van der Waals surface area contributed by atoms with E-state index in [9.17, 15) is 13.6 Å². The van der Waals surface area contributed by atoms with E-state index in [1.807, 2.05) is 25.3 Å². The van der Waals surface area contributed by atoms with Gasteiger partial charge in [-0.15, -0.1) is 0 Å². The second kappa shape index (κ2) is 7.60. The summed E-state index contributed by atoms with van der Waals surface area (Å²) in [5.41, 5.74) is 4.33. The van der Waals surface area contributed by atoms with Gasteiger partial charge in [-0.05, 0) is 63.1 Å². The molecule has 0 radical (unpaired) electrons. The number of amides is 1. The molecular formula is C21H26F2N2O. The average molecular weight is 360 g/mol. The van der Waals surface area contributed by atoms with Gasteiger partial charge < -0.3 is 9.88 Å². The summed E-state index contributed by atoms with van der Waals surface area (Å²) in [5.74, 6) is -1.28. The normalized spacial score (nSPS) is 14.8. The Hall–Kier alpha value is -2.17. The number of carbonyl (C=O) groups is 1. The molecule has 1 amide bonds. The molecule has 5 heteroatoms. The van der Waals surface area contributed by atoms with Crippen molar-refractivity contribution in [2.45, 2.75) is 65.5 Å². The van der Waals surface area contributed by atoms with Gasteiger partial charge in [-0.2, -0.15) is 0 Å². The number of benzene rings is 1. The number of aromatic nitrogens is 1. The molecular weight excluding hydrogens is 334 g/mol. The highest BCUT2D eigenvalue weighted by atomic mass is 19.1. The van der Waals surface area contributed by atoms with E-state index >= 15 is 0 Å². The van der Waals surface area contributed by atoms with Gasteiger partial charge >= 0.3 is 0 Å². The molecule has 0 spiro atoms. The van der Waals surface area contributed by atoms with Crippen LogP contribution in [0.5, 0.6) is 0 Å². The molecule has 1 aliphatic rings. The summed E-state index contributed by atoms with van der Waals surface area (Å²) in [6.45, 7) is 6.22. The lowest BCUT2D eigenvalue weighted by molar-refractivity contribution is 0.0929. The number of halogens is 2. The predicted octanol–water partition coefficient (Wildman–Crippen LogP) is 4.53. The Balaban J connectivity index is 2.05. The van der Waals surface area contributed by atoms with Crippen molar-refractivity contribution < 1.29 is 13.6 Å². The number of hydrogen-bond acceptors (Lipinski definition) is 1. The van der Waals surface area contributed by atoms with Crippen LogP contribution in [0.4, 0.5) is 8.78 Å². The molecule has 0 saturated carbocycles. The van der Waals surface area contributed by atoms with Gasteiger partial charge in [0.25, 0.3) is 5.91 Å². The monoisotopic (exact) mass is 360 g/mol. The van der Waals surface area contributed by atoms with Crippen LogP contribution < -0.4 is 5.32 Å². The molecule has 1 aliphatic carbocycles. The first kappa shape index (κ1) is 18.6. The Morgan fingerprint density at radius 3 is 2.69 bits per heavy atom. The number of fused-ring (bicyclic) bond motifs is 1. The van der Waals surface area contributed by atoms with Gasteiger partial charge in [-0.3, -0.25) is 4.79 Å². The molecule has 1 aromatic heterocycles. The summed E-state index contributed by atoms with van der Waals surface area (Å²) in [4.78, 5) is 12.9. The van der Waals surface area contributed by atoms with Gasteiger partial charge in [0, 0.05) is 23.4 Å². The molecule has 0 bridgehead atoms. The van der Waals surface area contributed by atoms with E-state index in [2.05, 4.69) is 5.32 Å². The molecule has 1 heterocycles. The SMILES string of the molecule is CC[C@H](C)NC(=O)c1c(C)c2c(n1Cc1ccc(F)cc1F)CCCC2. The van der Waals surface area contributed by atoms with Crippen molar-refractivity contribution in [1.82, 2.24) is 9.88 Å². The molecule has 1 N–H and O–H groups in total. The van der Waals surface area contributed by atoms with Gasteiger partial charge in [0.15, 0.2) is 0 Å². The smallest absolute Gasteiger partial charge is 0.268 e. The highest BCUT2D eigenvalue weighted by Crippen LogP contribution is 2.31. The van der Waals surface area contributed by atoms with E-state index in [4.69, 9.17) is 0 Å². The average Bonchev–Trinajstić information content (AvgIpc) is 2.90. The van der Waals surface area contributed by atoms with Gasteiger partial charge in [0.1, 0.15) is 17.3 Å². The van der Waals surface area contributed by atoms with Crippen molar-refractivity contribution in [3.8, 4) is 0 Å². The molecule has 1 atom stereocenters. The lowest BCUT2D eigenvalue weighted by Gasteiger charge is -2.18. The zero-order valence-electron chi connectivity index (χ0n) is 15.7. The summed E-state index contributed by atoms with van der Waals surface area (Å²) in [6.07, 6.45) is 4.85. The van der Waals surface area contributed by atoms with E-state index < -0.39 is 11.6 Å². The maximum atomic E-state index is 14.2. The lowest BCUT2D eigenvalue weighted by Crippen LogP contribution is -2.34. The Bertz CT molecular complexity index is 826. The van der Waals surface area contributed by atoms with Gasteiger partial charge in [0.2, 0.25) is 0 Å². The first-order chi connectivity index (χ1) is 12.4. The number of nitrogens with one attached hydrogen (secondary N) is 1. The maximum Gasteiger partial charge on any atom is 0.268 e. The van der Waals surface area contributed by atoms with E-state index in [0.29, 0.717) is 11.3 Å². The molecule has 3 rings (SSSR count). The summed E-state index contributed by atoms with van der Waals surface area (Å²) in [6, 6.07) is 3.70. The molecule has 0 unspecified atom stereocenters. The van der Waals surface area contributed by atoms with Crippen LogP contribution in [0.2, 0.25) is 0 Å². The van der Waals surface area contributed by atoms with Gasteiger partial charge in [-0.1, -0.05) is 13.0 Å². The lowest BCUT2D eigenvalue weighted by atomic mass is 9.95. The second-order valence-corrected chi connectivity index (χ2v) is 7.21. The third-order valence-electron chi connectivity index (χ3n) is 5.39. The standard InChI is InChI=1S/C21H26F2N2O/c1-4-13(2)24-21(26)20-14(3)17-7-5-6-8-19(17)25(20)12-15-9-10-16(22)11-18(15)23/h9-11,13H,4-8,12H2,1-3H3,(H,24,26)/t13-/m0/s1. The van der Waals surface area contributed by atoms with Crippen molar-refractivity contribution in [2.24, 2.45) is 0 Å². The maximum absolute atomic E-state index is 14.2. The van der Waals surface area contributed by atoms with Crippen LogP contribution >= 0.6 is 0 Å². The largest absolute Gasteiger partial charge is 0.348 e. The van der Waals surface area contributed by atoms with E-state index in [0.717, 1.165) is 49.4 Å². The van der Waals surface area contributed by atoms with Crippen molar-refractivity contribution >= 4 is 5.91 Å². The molecule has 140 valence electrons.